The first-order valence-corrected chi connectivity index (χ1v) is 5.18. The molecule has 2 N–H and O–H groups in total. The summed E-state index contributed by atoms with van der Waals surface area (Å²) in [5.74, 6) is 6.11. The highest BCUT2D eigenvalue weighted by atomic mass is 15.3. The van der Waals surface area contributed by atoms with E-state index in [2.05, 4.69) is 16.9 Å². The number of benzene rings is 1. The van der Waals surface area contributed by atoms with Crippen LogP contribution in [0.15, 0.2) is 36.7 Å². The SMILES string of the molecule is CCn1cc(C#Cc2cccc(N)c2)cn1. The van der Waals surface area contributed by atoms with E-state index in [-0.39, 0.29) is 0 Å². The third-order valence-corrected chi connectivity index (χ3v) is 2.20. The summed E-state index contributed by atoms with van der Waals surface area (Å²) in [5, 5.41) is 4.15. The molecule has 16 heavy (non-hydrogen) atoms. The predicted octanol–water partition coefficient (Wildman–Crippen LogP) is 1.89. The first-order valence-electron chi connectivity index (χ1n) is 5.18. The zero-order valence-corrected chi connectivity index (χ0v) is 9.14. The van der Waals surface area contributed by atoms with E-state index in [1.807, 2.05) is 42.1 Å². The third kappa shape index (κ3) is 2.43. The number of aromatic nitrogens is 2. The maximum atomic E-state index is 5.67. The van der Waals surface area contributed by atoms with Crippen LogP contribution in [-0.4, -0.2) is 9.78 Å². The number of nitrogen functional groups attached to an aromatic ring is 1. The molecule has 0 aliphatic rings. The van der Waals surface area contributed by atoms with Gasteiger partial charge < -0.3 is 5.73 Å². The summed E-state index contributed by atoms with van der Waals surface area (Å²) in [4.78, 5) is 0. The number of aryl methyl sites for hydroxylation is 1. The molecule has 0 saturated heterocycles. The molecule has 0 amide bonds. The van der Waals surface area contributed by atoms with Crippen LogP contribution in [0.3, 0.4) is 0 Å². The molecule has 0 aliphatic carbocycles. The number of anilines is 1. The van der Waals surface area contributed by atoms with Crippen molar-refractivity contribution in [3.05, 3.63) is 47.8 Å². The van der Waals surface area contributed by atoms with Gasteiger partial charge in [-0.15, -0.1) is 0 Å². The van der Waals surface area contributed by atoms with Crippen LogP contribution in [0.4, 0.5) is 5.69 Å². The molecule has 0 bridgehead atoms. The van der Waals surface area contributed by atoms with Crippen LogP contribution in [0.2, 0.25) is 0 Å². The average molecular weight is 211 g/mol. The van der Waals surface area contributed by atoms with Crippen molar-refractivity contribution in [2.45, 2.75) is 13.5 Å². The number of hydrogen-bond donors (Lipinski definition) is 1. The topological polar surface area (TPSA) is 43.8 Å². The van der Waals surface area contributed by atoms with Crippen LogP contribution in [0.25, 0.3) is 0 Å². The van der Waals surface area contributed by atoms with E-state index in [1.165, 1.54) is 0 Å². The van der Waals surface area contributed by atoms with Crippen LogP contribution in [0.1, 0.15) is 18.1 Å². The lowest BCUT2D eigenvalue weighted by Gasteiger charge is -1.92. The Morgan fingerprint density at radius 3 is 2.81 bits per heavy atom. The molecule has 3 nitrogen and oxygen atoms in total. The second kappa shape index (κ2) is 4.54. The lowest BCUT2D eigenvalue weighted by Crippen LogP contribution is -1.91. The fraction of sp³-hybridized carbons (Fsp3) is 0.154. The highest BCUT2D eigenvalue weighted by molar-refractivity contribution is 5.49. The van der Waals surface area contributed by atoms with Crippen molar-refractivity contribution >= 4 is 5.69 Å². The van der Waals surface area contributed by atoms with Gasteiger partial charge in [-0.1, -0.05) is 17.9 Å². The van der Waals surface area contributed by atoms with Gasteiger partial charge in [0.1, 0.15) is 0 Å². The molecule has 1 aromatic heterocycles. The van der Waals surface area contributed by atoms with Gasteiger partial charge in [0, 0.05) is 24.0 Å². The molecule has 0 fully saturated rings. The molecular weight excluding hydrogens is 198 g/mol. The van der Waals surface area contributed by atoms with Crippen LogP contribution in [0.5, 0.6) is 0 Å². The Hall–Kier alpha value is -2.21. The van der Waals surface area contributed by atoms with Gasteiger partial charge in [0.25, 0.3) is 0 Å². The van der Waals surface area contributed by atoms with E-state index >= 15 is 0 Å². The minimum Gasteiger partial charge on any atom is -0.399 e. The van der Waals surface area contributed by atoms with Crippen molar-refractivity contribution in [3.8, 4) is 11.8 Å². The Morgan fingerprint density at radius 2 is 2.12 bits per heavy atom. The van der Waals surface area contributed by atoms with Gasteiger partial charge in [0.05, 0.1) is 11.8 Å². The van der Waals surface area contributed by atoms with Gasteiger partial charge in [-0.3, -0.25) is 4.68 Å². The molecule has 0 atom stereocenters. The minimum absolute atomic E-state index is 0.732. The Bertz CT molecular complexity index is 544. The van der Waals surface area contributed by atoms with E-state index in [1.54, 1.807) is 6.20 Å². The minimum atomic E-state index is 0.732. The summed E-state index contributed by atoms with van der Waals surface area (Å²) in [7, 11) is 0. The van der Waals surface area contributed by atoms with Crippen LogP contribution in [0, 0.1) is 11.8 Å². The fourth-order valence-electron chi connectivity index (χ4n) is 1.36. The van der Waals surface area contributed by atoms with Gasteiger partial charge in [-0.25, -0.2) is 0 Å². The molecule has 0 radical (unpaired) electrons. The average Bonchev–Trinajstić information content (AvgIpc) is 2.74. The predicted molar refractivity (Wildman–Crippen MR) is 64.7 cm³/mol. The molecule has 0 saturated carbocycles. The van der Waals surface area contributed by atoms with Crippen LogP contribution >= 0.6 is 0 Å². The van der Waals surface area contributed by atoms with Gasteiger partial charge in [-0.2, -0.15) is 5.10 Å². The maximum Gasteiger partial charge on any atom is 0.0646 e. The number of nitrogens with two attached hydrogens (primary N) is 1. The fourth-order valence-corrected chi connectivity index (χ4v) is 1.36. The summed E-state index contributed by atoms with van der Waals surface area (Å²) < 4.78 is 1.85. The van der Waals surface area contributed by atoms with Gasteiger partial charge in [-0.05, 0) is 25.1 Å². The Labute approximate surface area is 94.9 Å². The van der Waals surface area contributed by atoms with Crippen LogP contribution < -0.4 is 5.73 Å². The first-order chi connectivity index (χ1) is 7.78. The Morgan fingerprint density at radius 1 is 1.31 bits per heavy atom. The number of hydrogen-bond acceptors (Lipinski definition) is 2. The van der Waals surface area contributed by atoms with Gasteiger partial charge in [0.15, 0.2) is 0 Å². The molecule has 0 spiro atoms. The molecule has 1 heterocycles. The lowest BCUT2D eigenvalue weighted by atomic mass is 10.2. The summed E-state index contributed by atoms with van der Waals surface area (Å²) >= 11 is 0. The zero-order valence-electron chi connectivity index (χ0n) is 9.14. The monoisotopic (exact) mass is 211 g/mol. The molecule has 0 unspecified atom stereocenters. The molecule has 1 aromatic carbocycles. The molecule has 80 valence electrons. The Kier molecular flexibility index (Phi) is 2.93. The first kappa shape index (κ1) is 10.3. The van der Waals surface area contributed by atoms with Gasteiger partial charge >= 0.3 is 0 Å². The largest absolute Gasteiger partial charge is 0.399 e. The molecule has 3 heteroatoms. The van der Waals surface area contributed by atoms with E-state index < -0.39 is 0 Å². The third-order valence-electron chi connectivity index (χ3n) is 2.20. The van der Waals surface area contributed by atoms with Crippen molar-refractivity contribution in [1.82, 2.24) is 9.78 Å². The summed E-state index contributed by atoms with van der Waals surface area (Å²) in [5.41, 5.74) is 8.24. The van der Waals surface area contributed by atoms with E-state index in [4.69, 9.17) is 5.73 Å². The van der Waals surface area contributed by atoms with Crippen molar-refractivity contribution in [2.75, 3.05) is 5.73 Å². The van der Waals surface area contributed by atoms with Crippen molar-refractivity contribution in [3.63, 3.8) is 0 Å². The Balaban J connectivity index is 2.21. The highest BCUT2D eigenvalue weighted by Crippen LogP contribution is 2.05. The normalized spacial score (nSPS) is 9.56. The van der Waals surface area contributed by atoms with Gasteiger partial charge in [0.2, 0.25) is 0 Å². The molecule has 2 rings (SSSR count). The lowest BCUT2D eigenvalue weighted by molar-refractivity contribution is 0.660. The van der Waals surface area contributed by atoms with E-state index in [0.717, 1.165) is 23.4 Å². The summed E-state index contributed by atoms with van der Waals surface area (Å²) in [6.07, 6.45) is 3.70. The maximum absolute atomic E-state index is 5.67. The quantitative estimate of drug-likeness (QED) is 0.578. The second-order valence-electron chi connectivity index (χ2n) is 3.46. The standard InChI is InChI=1S/C13H13N3/c1-2-16-10-12(9-15-16)7-6-11-4-3-5-13(14)8-11/h3-5,8-10H,2,14H2,1H3. The zero-order chi connectivity index (χ0) is 11.4. The molecular formula is C13H13N3. The smallest absolute Gasteiger partial charge is 0.0646 e. The van der Waals surface area contributed by atoms with Crippen molar-refractivity contribution in [1.29, 1.82) is 0 Å². The van der Waals surface area contributed by atoms with Crippen molar-refractivity contribution in [2.24, 2.45) is 0 Å². The van der Waals surface area contributed by atoms with Crippen LogP contribution in [-0.2, 0) is 6.54 Å². The molecule has 2 aromatic rings. The second-order valence-corrected chi connectivity index (χ2v) is 3.46. The number of rotatable bonds is 1. The summed E-state index contributed by atoms with van der Waals surface area (Å²) in [6.45, 7) is 2.90. The summed E-state index contributed by atoms with van der Waals surface area (Å²) in [6, 6.07) is 7.54. The highest BCUT2D eigenvalue weighted by Gasteiger charge is 1.92. The van der Waals surface area contributed by atoms with Crippen molar-refractivity contribution < 1.29 is 0 Å². The van der Waals surface area contributed by atoms with E-state index in [9.17, 15) is 0 Å². The number of nitrogens with zero attached hydrogens (tertiary/aromatic N) is 2. The van der Waals surface area contributed by atoms with E-state index in [0.29, 0.717) is 0 Å². The molecule has 0 aliphatic heterocycles.